The van der Waals surface area contributed by atoms with Gasteiger partial charge in [-0.05, 0) is 101 Å². The SMILES string of the molecule is CCCCCC1=Cc2c(CC)ccc(CC)c2C1C(C)(C)C1C(CCCCC)=Cc2c(CC)ccc(CC)c21. The van der Waals surface area contributed by atoms with Crippen molar-refractivity contribution in [3.63, 3.8) is 0 Å². The normalized spacial score (nSPS) is 18.3. The summed E-state index contributed by atoms with van der Waals surface area (Å²) < 4.78 is 0. The van der Waals surface area contributed by atoms with Gasteiger partial charge in [0.1, 0.15) is 0 Å². The van der Waals surface area contributed by atoms with Gasteiger partial charge in [-0.3, -0.25) is 0 Å². The number of fused-ring (bicyclic) bond motifs is 2. The Morgan fingerprint density at radius 2 is 0.872 bits per heavy atom. The Balaban J connectivity index is 1.91. The van der Waals surface area contributed by atoms with Crippen LogP contribution in [0.2, 0.25) is 0 Å². The van der Waals surface area contributed by atoms with Crippen LogP contribution < -0.4 is 0 Å². The molecule has 4 rings (SSSR count). The van der Waals surface area contributed by atoms with Crippen LogP contribution >= 0.6 is 0 Å². The first kappa shape index (κ1) is 29.9. The van der Waals surface area contributed by atoms with Crippen LogP contribution in [0.3, 0.4) is 0 Å². The Kier molecular flexibility index (Phi) is 10.0. The van der Waals surface area contributed by atoms with E-state index < -0.39 is 0 Å². The summed E-state index contributed by atoms with van der Waals surface area (Å²) in [5.74, 6) is 0.984. The Labute approximate surface area is 241 Å². The minimum absolute atomic E-state index is 0.110. The molecule has 39 heavy (non-hydrogen) atoms. The lowest BCUT2D eigenvalue weighted by atomic mass is 9.60. The third kappa shape index (κ3) is 5.60. The number of hydrogen-bond donors (Lipinski definition) is 0. The van der Waals surface area contributed by atoms with Crippen LogP contribution in [0, 0.1) is 5.41 Å². The van der Waals surface area contributed by atoms with Crippen molar-refractivity contribution in [1.29, 1.82) is 0 Å². The molecule has 0 spiro atoms. The molecule has 2 unspecified atom stereocenters. The summed E-state index contributed by atoms with van der Waals surface area (Å²) in [4.78, 5) is 0. The van der Waals surface area contributed by atoms with Crippen LogP contribution in [0.1, 0.15) is 163 Å². The van der Waals surface area contributed by atoms with Gasteiger partial charge in [0.25, 0.3) is 0 Å². The van der Waals surface area contributed by atoms with Gasteiger partial charge < -0.3 is 0 Å². The van der Waals surface area contributed by atoms with Crippen molar-refractivity contribution in [1.82, 2.24) is 0 Å². The number of aryl methyl sites for hydroxylation is 4. The van der Waals surface area contributed by atoms with Gasteiger partial charge >= 0.3 is 0 Å². The van der Waals surface area contributed by atoms with Crippen molar-refractivity contribution in [2.45, 2.75) is 144 Å². The highest BCUT2D eigenvalue weighted by atomic mass is 14.5. The van der Waals surface area contributed by atoms with Gasteiger partial charge in [-0.25, -0.2) is 0 Å². The standard InChI is InChI=1S/C39H56/c1-9-15-17-19-31-25-33-27(11-3)21-23-29(13-5)35(33)37(31)39(7,8)38-32(20-18-16-10-2)26-34-28(12-4)22-24-30(14-6)36(34)38/h21-26,37-38H,9-20H2,1-8H3. The summed E-state index contributed by atoms with van der Waals surface area (Å²) in [5, 5.41) is 0. The summed E-state index contributed by atoms with van der Waals surface area (Å²) in [7, 11) is 0. The molecule has 0 N–H and O–H groups in total. The number of rotatable bonds is 14. The molecule has 0 nitrogen and oxygen atoms in total. The van der Waals surface area contributed by atoms with Crippen LogP contribution in [0.25, 0.3) is 12.2 Å². The van der Waals surface area contributed by atoms with E-state index in [0.29, 0.717) is 11.8 Å². The smallest absolute Gasteiger partial charge is 0.0120 e. The highest BCUT2D eigenvalue weighted by Crippen LogP contribution is 2.61. The maximum atomic E-state index is 2.66. The maximum absolute atomic E-state index is 2.66. The second-order valence-corrected chi connectivity index (χ2v) is 12.9. The molecule has 0 saturated carbocycles. The van der Waals surface area contributed by atoms with Crippen LogP contribution in [0.5, 0.6) is 0 Å². The fourth-order valence-electron chi connectivity index (χ4n) is 8.08. The van der Waals surface area contributed by atoms with E-state index in [4.69, 9.17) is 0 Å². The highest BCUT2D eigenvalue weighted by molar-refractivity contribution is 5.75. The zero-order valence-electron chi connectivity index (χ0n) is 26.6. The zero-order valence-corrected chi connectivity index (χ0v) is 26.6. The molecule has 2 atom stereocenters. The first-order chi connectivity index (χ1) is 18.9. The summed E-state index contributed by atoms with van der Waals surface area (Å²) in [6.07, 6.45) is 20.1. The van der Waals surface area contributed by atoms with Gasteiger partial charge in [-0.15, -0.1) is 0 Å². The Morgan fingerprint density at radius 1 is 0.513 bits per heavy atom. The summed E-state index contributed by atoms with van der Waals surface area (Å²) in [5.41, 5.74) is 16.3. The second kappa shape index (κ2) is 13.1. The molecule has 2 aromatic rings. The fraction of sp³-hybridized carbons (Fsp3) is 0.590. The van der Waals surface area contributed by atoms with E-state index in [1.807, 2.05) is 0 Å². The summed E-state index contributed by atoms with van der Waals surface area (Å²) in [6, 6.07) is 9.79. The molecule has 0 heteroatoms. The van der Waals surface area contributed by atoms with E-state index in [-0.39, 0.29) is 5.41 Å². The molecule has 0 fully saturated rings. The molecule has 0 aliphatic heterocycles. The molecule has 0 heterocycles. The largest absolute Gasteiger partial charge is 0.0654 e. The van der Waals surface area contributed by atoms with Gasteiger partial charge in [-0.1, -0.05) is 129 Å². The number of allylic oxidation sites excluding steroid dienone is 2. The Morgan fingerprint density at radius 3 is 1.21 bits per heavy atom. The first-order valence-corrected chi connectivity index (χ1v) is 16.6. The van der Waals surface area contributed by atoms with E-state index in [2.05, 4.69) is 91.8 Å². The number of unbranched alkanes of at least 4 members (excludes halogenated alkanes) is 4. The van der Waals surface area contributed by atoms with E-state index in [9.17, 15) is 0 Å². The zero-order chi connectivity index (χ0) is 28.2. The van der Waals surface area contributed by atoms with Crippen molar-refractivity contribution < 1.29 is 0 Å². The predicted molar refractivity (Wildman–Crippen MR) is 174 cm³/mol. The van der Waals surface area contributed by atoms with Crippen molar-refractivity contribution in [3.05, 3.63) is 79.9 Å². The van der Waals surface area contributed by atoms with Gasteiger partial charge in [0.2, 0.25) is 0 Å². The average Bonchev–Trinajstić information content (AvgIpc) is 3.52. The molecule has 0 radical (unpaired) electrons. The summed E-state index contributed by atoms with van der Waals surface area (Å²) >= 11 is 0. The molecule has 0 saturated heterocycles. The molecule has 0 amide bonds. The van der Waals surface area contributed by atoms with Gasteiger partial charge in [0.15, 0.2) is 0 Å². The molecule has 0 aromatic heterocycles. The number of benzene rings is 2. The molecule has 212 valence electrons. The van der Waals surface area contributed by atoms with Crippen molar-refractivity contribution in [3.8, 4) is 0 Å². The third-order valence-corrected chi connectivity index (χ3v) is 10.1. The highest BCUT2D eigenvalue weighted by Gasteiger charge is 2.48. The Bertz CT molecular complexity index is 1110. The monoisotopic (exact) mass is 524 g/mol. The lowest BCUT2D eigenvalue weighted by Crippen LogP contribution is -2.32. The first-order valence-electron chi connectivity index (χ1n) is 16.6. The average molecular weight is 525 g/mol. The van der Waals surface area contributed by atoms with Crippen molar-refractivity contribution >= 4 is 12.2 Å². The second-order valence-electron chi connectivity index (χ2n) is 12.9. The topological polar surface area (TPSA) is 0 Å². The van der Waals surface area contributed by atoms with Crippen LogP contribution in [-0.2, 0) is 25.7 Å². The summed E-state index contributed by atoms with van der Waals surface area (Å²) in [6.45, 7) is 19.4. The van der Waals surface area contributed by atoms with Crippen LogP contribution in [0.15, 0.2) is 35.4 Å². The maximum Gasteiger partial charge on any atom is 0.0120 e. The molecule has 0 bridgehead atoms. The van der Waals surface area contributed by atoms with E-state index >= 15 is 0 Å². The quantitative estimate of drug-likeness (QED) is 0.216. The Hall–Kier alpha value is -2.08. The minimum Gasteiger partial charge on any atom is -0.0654 e. The molecular formula is C39H56. The van der Waals surface area contributed by atoms with Gasteiger partial charge in [-0.2, -0.15) is 0 Å². The van der Waals surface area contributed by atoms with Gasteiger partial charge in [0.05, 0.1) is 0 Å². The lowest BCUT2D eigenvalue weighted by Gasteiger charge is -2.43. The molecular weight excluding hydrogens is 468 g/mol. The molecule has 2 aromatic carbocycles. The molecule has 2 aliphatic carbocycles. The van der Waals surface area contributed by atoms with E-state index in [1.54, 1.807) is 55.7 Å². The van der Waals surface area contributed by atoms with E-state index in [1.165, 1.54) is 51.4 Å². The number of hydrogen-bond acceptors (Lipinski definition) is 0. The van der Waals surface area contributed by atoms with Crippen molar-refractivity contribution in [2.75, 3.05) is 0 Å². The van der Waals surface area contributed by atoms with Gasteiger partial charge in [0, 0.05) is 11.8 Å². The van der Waals surface area contributed by atoms with Crippen LogP contribution in [0.4, 0.5) is 0 Å². The van der Waals surface area contributed by atoms with Crippen LogP contribution in [-0.4, -0.2) is 0 Å². The fourth-order valence-corrected chi connectivity index (χ4v) is 8.08. The van der Waals surface area contributed by atoms with Crippen molar-refractivity contribution in [2.24, 2.45) is 5.41 Å². The predicted octanol–water partition coefficient (Wildman–Crippen LogP) is 11.8. The third-order valence-electron chi connectivity index (χ3n) is 10.1. The van der Waals surface area contributed by atoms with E-state index in [0.717, 1.165) is 25.7 Å². The minimum atomic E-state index is 0.110. The lowest BCUT2D eigenvalue weighted by molar-refractivity contribution is 0.265. The molecule has 2 aliphatic rings.